The van der Waals surface area contributed by atoms with Gasteiger partial charge in [-0.2, -0.15) is 0 Å². The third-order valence-electron chi connectivity index (χ3n) is 3.97. The van der Waals surface area contributed by atoms with Crippen molar-refractivity contribution in [3.8, 4) is 17.2 Å². The van der Waals surface area contributed by atoms with Gasteiger partial charge in [0.15, 0.2) is 17.5 Å². The average Bonchev–Trinajstić information content (AvgIpc) is 2.67. The van der Waals surface area contributed by atoms with Crippen LogP contribution in [0.15, 0.2) is 47.5 Å². The molecule has 0 amide bonds. The minimum absolute atomic E-state index is 0.337. The Bertz CT molecular complexity index is 730. The molecule has 1 unspecified atom stereocenters. The lowest BCUT2D eigenvalue weighted by molar-refractivity contribution is 0.354. The van der Waals surface area contributed by atoms with E-state index in [4.69, 9.17) is 19.9 Å². The van der Waals surface area contributed by atoms with Crippen molar-refractivity contribution in [3.63, 3.8) is 0 Å². The topological polar surface area (TPSA) is 78.1 Å². The lowest BCUT2D eigenvalue weighted by Gasteiger charge is -2.13. The summed E-state index contributed by atoms with van der Waals surface area (Å²) in [6.45, 7) is 2.77. The van der Waals surface area contributed by atoms with Crippen LogP contribution in [0.5, 0.6) is 17.2 Å². The summed E-state index contributed by atoms with van der Waals surface area (Å²) in [5, 5.41) is 3.08. The zero-order valence-corrected chi connectivity index (χ0v) is 15.8. The van der Waals surface area contributed by atoms with E-state index in [0.29, 0.717) is 18.4 Å². The fourth-order valence-corrected chi connectivity index (χ4v) is 2.59. The molecule has 6 nitrogen and oxygen atoms in total. The summed E-state index contributed by atoms with van der Waals surface area (Å²) < 4.78 is 15.7. The van der Waals surface area contributed by atoms with Gasteiger partial charge in [0.2, 0.25) is 0 Å². The number of nitrogens with two attached hydrogens (primary N) is 1. The summed E-state index contributed by atoms with van der Waals surface area (Å²) >= 11 is 0. The van der Waals surface area contributed by atoms with Gasteiger partial charge in [0, 0.05) is 12.2 Å². The molecule has 0 saturated heterocycles. The summed E-state index contributed by atoms with van der Waals surface area (Å²) in [6.07, 6.45) is 0.875. The van der Waals surface area contributed by atoms with Crippen molar-refractivity contribution in [2.45, 2.75) is 13.3 Å². The zero-order valence-electron chi connectivity index (χ0n) is 15.8. The minimum atomic E-state index is 0.337. The molecule has 3 N–H and O–H groups in total. The van der Waals surface area contributed by atoms with E-state index in [-0.39, 0.29) is 0 Å². The van der Waals surface area contributed by atoms with Crippen LogP contribution in [-0.4, -0.2) is 33.8 Å². The molecular weight excluding hydrogens is 330 g/mol. The highest BCUT2D eigenvalue weighted by molar-refractivity contribution is 5.92. The fourth-order valence-electron chi connectivity index (χ4n) is 2.59. The van der Waals surface area contributed by atoms with Crippen LogP contribution in [0.3, 0.4) is 0 Å². The number of hydrogen-bond donors (Lipinski definition) is 2. The van der Waals surface area contributed by atoms with Crippen LogP contribution < -0.4 is 25.3 Å². The molecule has 26 heavy (non-hydrogen) atoms. The molecule has 0 radical (unpaired) electrons. The highest BCUT2D eigenvalue weighted by Gasteiger charge is 2.08. The molecule has 0 bridgehead atoms. The van der Waals surface area contributed by atoms with Gasteiger partial charge in [-0.05, 0) is 54.3 Å². The van der Waals surface area contributed by atoms with Crippen LogP contribution in [0, 0.1) is 5.92 Å². The number of anilines is 1. The van der Waals surface area contributed by atoms with Crippen LogP contribution in [-0.2, 0) is 6.42 Å². The predicted molar refractivity (Wildman–Crippen MR) is 106 cm³/mol. The lowest BCUT2D eigenvalue weighted by atomic mass is 10.0. The Morgan fingerprint density at radius 3 is 2.31 bits per heavy atom. The second-order valence-corrected chi connectivity index (χ2v) is 6.08. The van der Waals surface area contributed by atoms with Gasteiger partial charge in [-0.25, -0.2) is 0 Å². The molecule has 0 aromatic heterocycles. The SMILES string of the molecule is COc1ccc(NC(N)=NCC(C)Cc2ccc(OC)c(OC)c2)cc1. The van der Waals surface area contributed by atoms with Crippen molar-refractivity contribution in [1.82, 2.24) is 0 Å². The first-order valence-electron chi connectivity index (χ1n) is 8.47. The smallest absolute Gasteiger partial charge is 0.193 e. The van der Waals surface area contributed by atoms with E-state index < -0.39 is 0 Å². The van der Waals surface area contributed by atoms with E-state index in [9.17, 15) is 0 Å². The maximum Gasteiger partial charge on any atom is 0.193 e. The first-order chi connectivity index (χ1) is 12.5. The van der Waals surface area contributed by atoms with E-state index >= 15 is 0 Å². The van der Waals surface area contributed by atoms with Gasteiger partial charge < -0.3 is 25.3 Å². The van der Waals surface area contributed by atoms with E-state index in [1.165, 1.54) is 5.56 Å². The molecule has 140 valence electrons. The van der Waals surface area contributed by atoms with Gasteiger partial charge >= 0.3 is 0 Å². The van der Waals surface area contributed by atoms with Crippen LogP contribution in [0.1, 0.15) is 12.5 Å². The van der Waals surface area contributed by atoms with Crippen molar-refractivity contribution in [3.05, 3.63) is 48.0 Å². The van der Waals surface area contributed by atoms with E-state index in [1.54, 1.807) is 21.3 Å². The third kappa shape index (κ3) is 5.58. The van der Waals surface area contributed by atoms with Gasteiger partial charge in [-0.15, -0.1) is 0 Å². The molecule has 2 aromatic rings. The molecule has 2 rings (SSSR count). The Labute approximate surface area is 155 Å². The molecule has 0 heterocycles. The number of benzene rings is 2. The molecule has 2 aromatic carbocycles. The first kappa shape index (κ1) is 19.4. The minimum Gasteiger partial charge on any atom is -0.497 e. The Hall–Kier alpha value is -2.89. The number of nitrogens with zero attached hydrogens (tertiary/aromatic N) is 1. The highest BCUT2D eigenvalue weighted by Crippen LogP contribution is 2.28. The molecule has 0 aliphatic rings. The highest BCUT2D eigenvalue weighted by atomic mass is 16.5. The number of aliphatic imine (C=N–C) groups is 1. The largest absolute Gasteiger partial charge is 0.497 e. The van der Waals surface area contributed by atoms with Crippen molar-refractivity contribution in [1.29, 1.82) is 0 Å². The molecule has 1 atom stereocenters. The molecule has 0 saturated carbocycles. The Morgan fingerprint density at radius 1 is 1.00 bits per heavy atom. The maximum atomic E-state index is 5.97. The Balaban J connectivity index is 1.90. The van der Waals surface area contributed by atoms with Crippen LogP contribution in [0.2, 0.25) is 0 Å². The Kier molecular flexibility index (Phi) is 7.14. The molecule has 0 aliphatic carbocycles. The normalized spacial score (nSPS) is 12.4. The van der Waals surface area contributed by atoms with Gasteiger partial charge in [0.1, 0.15) is 5.75 Å². The molecular formula is C20H27N3O3. The average molecular weight is 357 g/mol. The van der Waals surface area contributed by atoms with Gasteiger partial charge in [-0.1, -0.05) is 13.0 Å². The summed E-state index contributed by atoms with van der Waals surface area (Å²) in [6, 6.07) is 13.5. The summed E-state index contributed by atoms with van der Waals surface area (Å²) in [7, 11) is 4.91. The van der Waals surface area contributed by atoms with E-state index in [0.717, 1.165) is 29.4 Å². The van der Waals surface area contributed by atoms with Gasteiger partial charge in [0.05, 0.1) is 21.3 Å². The van der Waals surface area contributed by atoms with Crippen molar-refractivity contribution in [2.24, 2.45) is 16.6 Å². The van der Waals surface area contributed by atoms with Crippen LogP contribution in [0.25, 0.3) is 0 Å². The maximum absolute atomic E-state index is 5.97. The number of nitrogens with one attached hydrogen (secondary N) is 1. The summed E-state index contributed by atoms with van der Waals surface area (Å²) in [5.74, 6) is 3.00. The van der Waals surface area contributed by atoms with Gasteiger partial charge in [-0.3, -0.25) is 4.99 Å². The van der Waals surface area contributed by atoms with E-state index in [2.05, 4.69) is 17.2 Å². The predicted octanol–water partition coefficient (Wildman–Crippen LogP) is 3.32. The number of guanidine groups is 1. The summed E-state index contributed by atoms with van der Waals surface area (Å²) in [5.41, 5.74) is 8.02. The molecule has 6 heteroatoms. The first-order valence-corrected chi connectivity index (χ1v) is 8.47. The molecule has 0 aliphatic heterocycles. The summed E-state index contributed by atoms with van der Waals surface area (Å²) in [4.78, 5) is 4.43. The van der Waals surface area contributed by atoms with Crippen molar-refractivity contribution in [2.75, 3.05) is 33.2 Å². The van der Waals surface area contributed by atoms with Crippen LogP contribution in [0.4, 0.5) is 5.69 Å². The number of rotatable bonds is 8. The van der Waals surface area contributed by atoms with Gasteiger partial charge in [0.25, 0.3) is 0 Å². The van der Waals surface area contributed by atoms with E-state index in [1.807, 2.05) is 42.5 Å². The quantitative estimate of drug-likeness (QED) is 0.560. The Morgan fingerprint density at radius 2 is 1.69 bits per heavy atom. The van der Waals surface area contributed by atoms with Crippen molar-refractivity contribution >= 4 is 11.6 Å². The number of ether oxygens (including phenoxy) is 3. The number of hydrogen-bond acceptors (Lipinski definition) is 4. The standard InChI is InChI=1S/C20H27N3O3/c1-14(11-15-5-10-18(25-3)19(12-15)26-4)13-22-20(21)23-16-6-8-17(24-2)9-7-16/h5-10,12,14H,11,13H2,1-4H3,(H3,21,22,23). The third-order valence-corrected chi connectivity index (χ3v) is 3.97. The fraction of sp³-hybridized carbons (Fsp3) is 0.350. The second kappa shape index (κ2) is 9.56. The zero-order chi connectivity index (χ0) is 18.9. The van der Waals surface area contributed by atoms with Crippen LogP contribution >= 0.6 is 0 Å². The molecule has 0 spiro atoms. The van der Waals surface area contributed by atoms with Crippen molar-refractivity contribution < 1.29 is 14.2 Å². The lowest BCUT2D eigenvalue weighted by Crippen LogP contribution is -2.23. The second-order valence-electron chi connectivity index (χ2n) is 6.08. The monoisotopic (exact) mass is 357 g/mol. The number of methoxy groups -OCH3 is 3. The molecule has 0 fully saturated rings.